The SMILES string of the molecule is CCn1ncc2c(NC(C)C3CCCCC3)c(C(=O)N(C)C3CCN(Cc4ccccc4)C3)cnc21. The van der Waals surface area contributed by atoms with Gasteiger partial charge in [-0.1, -0.05) is 49.6 Å². The Bertz CT molecular complexity index is 1170. The van der Waals surface area contributed by atoms with Gasteiger partial charge in [0.1, 0.15) is 0 Å². The maximum absolute atomic E-state index is 13.9. The van der Waals surface area contributed by atoms with Crippen molar-refractivity contribution in [2.45, 2.75) is 77.5 Å². The van der Waals surface area contributed by atoms with Crippen molar-refractivity contribution in [3.05, 3.63) is 53.9 Å². The van der Waals surface area contributed by atoms with Crippen LogP contribution in [0.15, 0.2) is 42.7 Å². The van der Waals surface area contributed by atoms with E-state index in [0.29, 0.717) is 17.5 Å². The Morgan fingerprint density at radius 2 is 1.92 bits per heavy atom. The maximum Gasteiger partial charge on any atom is 0.257 e. The van der Waals surface area contributed by atoms with Gasteiger partial charge in [0.15, 0.2) is 5.65 Å². The van der Waals surface area contributed by atoms with Crippen molar-refractivity contribution in [3.8, 4) is 0 Å². The predicted octanol–water partition coefficient (Wildman–Crippen LogP) is 5.18. The van der Waals surface area contributed by atoms with E-state index in [1.54, 1.807) is 6.20 Å². The zero-order chi connectivity index (χ0) is 25.1. The van der Waals surface area contributed by atoms with Gasteiger partial charge in [-0.05, 0) is 44.6 Å². The van der Waals surface area contributed by atoms with Crippen LogP contribution < -0.4 is 5.32 Å². The number of nitrogens with zero attached hydrogens (tertiary/aromatic N) is 5. The molecule has 1 saturated heterocycles. The first-order valence-corrected chi connectivity index (χ1v) is 13.7. The van der Waals surface area contributed by atoms with Crippen LogP contribution in [-0.2, 0) is 13.1 Å². The summed E-state index contributed by atoms with van der Waals surface area (Å²) in [5.41, 5.74) is 3.71. The number of pyridine rings is 1. The molecule has 0 spiro atoms. The minimum Gasteiger partial charge on any atom is -0.381 e. The summed E-state index contributed by atoms with van der Waals surface area (Å²) >= 11 is 0. The smallest absolute Gasteiger partial charge is 0.257 e. The van der Waals surface area contributed by atoms with Gasteiger partial charge < -0.3 is 10.2 Å². The van der Waals surface area contributed by atoms with E-state index in [4.69, 9.17) is 4.98 Å². The highest BCUT2D eigenvalue weighted by atomic mass is 16.2. The number of likely N-dealkylation sites (tertiary alicyclic amines) is 1. The minimum absolute atomic E-state index is 0.0403. The average molecular weight is 489 g/mol. The maximum atomic E-state index is 13.9. The van der Waals surface area contributed by atoms with Crippen molar-refractivity contribution in [2.75, 3.05) is 25.5 Å². The second-order valence-corrected chi connectivity index (χ2v) is 10.7. The summed E-state index contributed by atoms with van der Waals surface area (Å²) in [4.78, 5) is 23.0. The number of benzene rings is 1. The fraction of sp³-hybridized carbons (Fsp3) is 0.552. The number of hydrogen-bond donors (Lipinski definition) is 1. The summed E-state index contributed by atoms with van der Waals surface area (Å²) < 4.78 is 1.90. The number of aromatic nitrogens is 3. The highest BCUT2D eigenvalue weighted by Crippen LogP contribution is 2.33. The lowest BCUT2D eigenvalue weighted by molar-refractivity contribution is 0.0735. The molecule has 2 aromatic heterocycles. The second kappa shape index (κ2) is 11.0. The molecule has 7 heteroatoms. The quantitative estimate of drug-likeness (QED) is 0.473. The number of rotatable bonds is 8. The topological polar surface area (TPSA) is 66.3 Å². The first-order valence-electron chi connectivity index (χ1n) is 13.7. The van der Waals surface area contributed by atoms with Gasteiger partial charge in [-0.3, -0.25) is 9.69 Å². The van der Waals surface area contributed by atoms with Crippen LogP contribution in [0, 0.1) is 5.92 Å². The van der Waals surface area contributed by atoms with Gasteiger partial charge in [-0.15, -0.1) is 0 Å². The molecule has 1 aromatic carbocycles. The number of fused-ring (bicyclic) bond motifs is 1. The van der Waals surface area contributed by atoms with Crippen LogP contribution in [0.2, 0.25) is 0 Å². The molecule has 2 aliphatic rings. The summed E-state index contributed by atoms with van der Waals surface area (Å²) in [5, 5.41) is 9.27. The molecule has 3 heterocycles. The molecular formula is C29H40N6O. The number of carbonyl (C=O) groups excluding carboxylic acids is 1. The average Bonchev–Trinajstić information content (AvgIpc) is 3.56. The molecule has 36 heavy (non-hydrogen) atoms. The van der Waals surface area contributed by atoms with E-state index in [2.05, 4.69) is 59.5 Å². The highest BCUT2D eigenvalue weighted by Gasteiger charge is 2.31. The number of anilines is 1. The Morgan fingerprint density at radius 3 is 2.67 bits per heavy atom. The molecule has 0 bridgehead atoms. The third-order valence-electron chi connectivity index (χ3n) is 8.29. The van der Waals surface area contributed by atoms with Crippen LogP contribution in [-0.4, -0.2) is 62.7 Å². The molecular weight excluding hydrogens is 448 g/mol. The number of carbonyl (C=O) groups is 1. The van der Waals surface area contributed by atoms with E-state index in [9.17, 15) is 4.79 Å². The van der Waals surface area contributed by atoms with Crippen LogP contribution in [0.4, 0.5) is 5.69 Å². The Morgan fingerprint density at radius 1 is 1.14 bits per heavy atom. The van der Waals surface area contributed by atoms with Crippen LogP contribution in [0.25, 0.3) is 11.0 Å². The van der Waals surface area contributed by atoms with Crippen molar-refractivity contribution < 1.29 is 4.79 Å². The van der Waals surface area contributed by atoms with Gasteiger partial charge >= 0.3 is 0 Å². The first-order chi connectivity index (χ1) is 17.5. The number of nitrogens with one attached hydrogen (secondary N) is 1. The van der Waals surface area contributed by atoms with Crippen LogP contribution in [0.1, 0.15) is 68.3 Å². The fourth-order valence-corrected chi connectivity index (χ4v) is 6.02. The summed E-state index contributed by atoms with van der Waals surface area (Å²) in [6.45, 7) is 7.90. The Hall–Kier alpha value is -2.93. The van der Waals surface area contributed by atoms with Crippen molar-refractivity contribution in [3.63, 3.8) is 0 Å². The number of amides is 1. The van der Waals surface area contributed by atoms with Crippen LogP contribution in [0.3, 0.4) is 0 Å². The van der Waals surface area contributed by atoms with E-state index in [1.165, 1.54) is 37.7 Å². The molecule has 0 radical (unpaired) electrons. The standard InChI is InChI=1S/C29H40N6O/c1-4-35-28-25(18-31-35)27(32-21(2)23-13-9-6-10-14-23)26(17-30-28)29(36)33(3)24-15-16-34(20-24)19-22-11-7-5-8-12-22/h5,7-8,11-12,17-18,21,23-24H,4,6,9-10,13-16,19-20H2,1-3H3,(H,30,32). The third-order valence-corrected chi connectivity index (χ3v) is 8.29. The molecule has 2 fully saturated rings. The summed E-state index contributed by atoms with van der Waals surface area (Å²) in [7, 11) is 1.95. The molecule has 1 aliphatic carbocycles. The second-order valence-electron chi connectivity index (χ2n) is 10.7. The van der Waals surface area contributed by atoms with Gasteiger partial charge in [0, 0.05) is 51.5 Å². The zero-order valence-corrected chi connectivity index (χ0v) is 22.0. The predicted molar refractivity (Wildman–Crippen MR) is 145 cm³/mol. The zero-order valence-electron chi connectivity index (χ0n) is 22.0. The molecule has 2 atom stereocenters. The van der Waals surface area contributed by atoms with Gasteiger partial charge in [0.2, 0.25) is 0 Å². The Labute approximate surface area is 214 Å². The lowest BCUT2D eigenvalue weighted by Crippen LogP contribution is -2.39. The van der Waals surface area contributed by atoms with Crippen LogP contribution in [0.5, 0.6) is 0 Å². The van der Waals surface area contributed by atoms with E-state index < -0.39 is 0 Å². The van der Waals surface area contributed by atoms with Crippen molar-refractivity contribution in [2.24, 2.45) is 5.92 Å². The van der Waals surface area contributed by atoms with Gasteiger partial charge in [0.25, 0.3) is 5.91 Å². The molecule has 7 nitrogen and oxygen atoms in total. The Kier molecular flexibility index (Phi) is 7.56. The van der Waals surface area contributed by atoms with Crippen molar-refractivity contribution >= 4 is 22.6 Å². The van der Waals surface area contributed by atoms with Crippen molar-refractivity contribution in [1.29, 1.82) is 0 Å². The Balaban J connectivity index is 1.37. The monoisotopic (exact) mass is 488 g/mol. The largest absolute Gasteiger partial charge is 0.381 e. The van der Waals surface area contributed by atoms with E-state index in [1.807, 2.05) is 22.8 Å². The van der Waals surface area contributed by atoms with E-state index in [0.717, 1.165) is 49.3 Å². The van der Waals surface area contributed by atoms with E-state index in [-0.39, 0.29) is 11.9 Å². The number of aryl methyl sites for hydroxylation is 1. The molecule has 1 saturated carbocycles. The normalized spacial score (nSPS) is 20.0. The van der Waals surface area contributed by atoms with Gasteiger partial charge in [0.05, 0.1) is 22.8 Å². The van der Waals surface area contributed by atoms with Crippen molar-refractivity contribution in [1.82, 2.24) is 24.6 Å². The van der Waals surface area contributed by atoms with Gasteiger partial charge in [-0.25, -0.2) is 9.67 Å². The first kappa shape index (κ1) is 24.8. The molecule has 1 N–H and O–H groups in total. The van der Waals surface area contributed by atoms with E-state index >= 15 is 0 Å². The summed E-state index contributed by atoms with van der Waals surface area (Å²) in [6.07, 6.45) is 11.1. The van der Waals surface area contributed by atoms with Gasteiger partial charge in [-0.2, -0.15) is 5.10 Å². The number of hydrogen-bond acceptors (Lipinski definition) is 5. The fourth-order valence-electron chi connectivity index (χ4n) is 6.02. The number of likely N-dealkylation sites (N-methyl/N-ethyl adjacent to an activating group) is 1. The molecule has 1 amide bonds. The molecule has 192 valence electrons. The van der Waals surface area contributed by atoms with Crippen LogP contribution >= 0.6 is 0 Å². The minimum atomic E-state index is 0.0403. The molecule has 1 aliphatic heterocycles. The molecule has 2 unspecified atom stereocenters. The summed E-state index contributed by atoms with van der Waals surface area (Å²) in [5.74, 6) is 0.670. The third kappa shape index (κ3) is 5.12. The lowest BCUT2D eigenvalue weighted by Gasteiger charge is -2.31. The highest BCUT2D eigenvalue weighted by molar-refractivity contribution is 6.06. The molecule has 3 aromatic rings. The lowest BCUT2D eigenvalue weighted by atomic mass is 9.84. The summed E-state index contributed by atoms with van der Waals surface area (Å²) in [6, 6.07) is 11.1. The molecule has 5 rings (SSSR count).